The van der Waals surface area contributed by atoms with Crippen LogP contribution in [-0.4, -0.2) is 55.1 Å². The highest BCUT2D eigenvalue weighted by molar-refractivity contribution is 5.17. The molecule has 0 saturated carbocycles. The van der Waals surface area contributed by atoms with Gasteiger partial charge in [-0.1, -0.05) is 18.2 Å². The number of ether oxygens (including phenoxy) is 2. The molecule has 1 atom stereocenters. The lowest BCUT2D eigenvalue weighted by Crippen LogP contribution is -2.37. The minimum atomic E-state index is -0.608. The number of halogens is 1. The van der Waals surface area contributed by atoms with Gasteiger partial charge in [-0.05, 0) is 33.3 Å². The van der Waals surface area contributed by atoms with E-state index in [0.717, 1.165) is 13.0 Å². The van der Waals surface area contributed by atoms with E-state index in [4.69, 9.17) is 9.47 Å². The van der Waals surface area contributed by atoms with Crippen molar-refractivity contribution in [1.29, 1.82) is 0 Å². The van der Waals surface area contributed by atoms with Crippen LogP contribution in [0.2, 0.25) is 0 Å². The first-order chi connectivity index (χ1) is 10.8. The molecule has 1 N–H and O–H groups in total. The van der Waals surface area contributed by atoms with Crippen molar-refractivity contribution >= 4 is 0 Å². The zero-order valence-electron chi connectivity index (χ0n) is 14.7. The molecule has 0 radical (unpaired) electrons. The summed E-state index contributed by atoms with van der Waals surface area (Å²) < 4.78 is 24.5. The van der Waals surface area contributed by atoms with Crippen LogP contribution in [0.3, 0.4) is 0 Å². The van der Waals surface area contributed by atoms with Crippen molar-refractivity contribution in [2.75, 3.05) is 33.4 Å². The Morgan fingerprint density at radius 1 is 1.26 bits per heavy atom. The van der Waals surface area contributed by atoms with E-state index in [2.05, 4.69) is 0 Å². The Balaban J connectivity index is 2.59. The molecule has 0 saturated heterocycles. The summed E-state index contributed by atoms with van der Waals surface area (Å²) in [5, 5.41) is 10.2. The Kier molecular flexibility index (Phi) is 8.69. The van der Waals surface area contributed by atoms with E-state index in [1.165, 1.54) is 6.07 Å². The molecule has 132 valence electrons. The lowest BCUT2D eigenvalue weighted by Gasteiger charge is -2.27. The lowest BCUT2D eigenvalue weighted by atomic mass is 10.1. The average molecular weight is 327 g/mol. The maximum absolute atomic E-state index is 13.8. The second kappa shape index (κ2) is 9.98. The van der Waals surface area contributed by atoms with Crippen LogP contribution < -0.4 is 0 Å². The van der Waals surface area contributed by atoms with Crippen LogP contribution in [0, 0.1) is 5.82 Å². The zero-order chi connectivity index (χ0) is 17.3. The number of aliphatic hydroxyl groups is 1. The molecule has 1 aromatic carbocycles. The van der Waals surface area contributed by atoms with Gasteiger partial charge in [-0.2, -0.15) is 0 Å². The van der Waals surface area contributed by atoms with Crippen LogP contribution in [0.15, 0.2) is 24.3 Å². The third-order valence-electron chi connectivity index (χ3n) is 3.35. The molecule has 0 amide bonds. The first-order valence-corrected chi connectivity index (χ1v) is 8.08. The number of rotatable bonds is 10. The standard InChI is InChI=1S/C18H30FNO3/c1-18(2,3)23-14-16(21)13-20(10-7-11-22-4)12-15-8-5-6-9-17(15)19/h5-6,8-9,16,21H,7,10-14H2,1-4H3/t16-/m0/s1. The van der Waals surface area contributed by atoms with Gasteiger partial charge in [-0.15, -0.1) is 0 Å². The van der Waals surface area contributed by atoms with Gasteiger partial charge in [0.25, 0.3) is 0 Å². The third-order valence-corrected chi connectivity index (χ3v) is 3.35. The number of methoxy groups -OCH3 is 1. The molecular weight excluding hydrogens is 297 g/mol. The highest BCUT2D eigenvalue weighted by Crippen LogP contribution is 2.12. The predicted octanol–water partition coefficient (Wildman–Crippen LogP) is 2.84. The molecule has 1 aromatic rings. The van der Waals surface area contributed by atoms with E-state index >= 15 is 0 Å². The lowest BCUT2D eigenvalue weighted by molar-refractivity contribution is -0.0570. The quantitative estimate of drug-likeness (QED) is 0.671. The minimum Gasteiger partial charge on any atom is -0.389 e. The normalized spacial score (nSPS) is 13.5. The molecule has 0 aliphatic heterocycles. The first kappa shape index (κ1) is 20.0. The van der Waals surface area contributed by atoms with Gasteiger partial charge in [0.15, 0.2) is 0 Å². The zero-order valence-corrected chi connectivity index (χ0v) is 14.7. The molecule has 0 fully saturated rings. The van der Waals surface area contributed by atoms with Gasteiger partial charge >= 0.3 is 0 Å². The Morgan fingerprint density at radius 2 is 1.96 bits per heavy atom. The van der Waals surface area contributed by atoms with Crippen molar-refractivity contribution in [1.82, 2.24) is 4.90 Å². The predicted molar refractivity (Wildman–Crippen MR) is 89.9 cm³/mol. The summed E-state index contributed by atoms with van der Waals surface area (Å²) >= 11 is 0. The largest absolute Gasteiger partial charge is 0.389 e. The number of benzene rings is 1. The SMILES string of the molecule is COCCCN(Cc1ccccc1F)C[C@H](O)COC(C)(C)C. The summed E-state index contributed by atoms with van der Waals surface area (Å²) in [7, 11) is 1.66. The van der Waals surface area contributed by atoms with Crippen LogP contribution in [0.1, 0.15) is 32.8 Å². The van der Waals surface area contributed by atoms with Gasteiger partial charge in [-0.3, -0.25) is 4.90 Å². The molecule has 1 rings (SSSR count). The molecule has 0 unspecified atom stereocenters. The Hall–Kier alpha value is -1.01. The molecule has 0 bridgehead atoms. The fourth-order valence-electron chi connectivity index (χ4n) is 2.23. The van der Waals surface area contributed by atoms with Gasteiger partial charge in [0.1, 0.15) is 5.82 Å². The van der Waals surface area contributed by atoms with E-state index in [1.807, 2.05) is 31.7 Å². The van der Waals surface area contributed by atoms with E-state index in [1.54, 1.807) is 19.2 Å². The molecule has 0 aromatic heterocycles. The third kappa shape index (κ3) is 9.01. The van der Waals surface area contributed by atoms with Crippen LogP contribution in [0.5, 0.6) is 0 Å². The average Bonchev–Trinajstić information content (AvgIpc) is 2.47. The minimum absolute atomic E-state index is 0.218. The topological polar surface area (TPSA) is 41.9 Å². The molecule has 0 aliphatic rings. The summed E-state index contributed by atoms with van der Waals surface area (Å²) in [6, 6.07) is 6.74. The summed E-state index contributed by atoms with van der Waals surface area (Å²) in [6.07, 6.45) is 0.223. The van der Waals surface area contributed by atoms with Crippen LogP contribution in [0.25, 0.3) is 0 Å². The fourth-order valence-corrected chi connectivity index (χ4v) is 2.23. The van der Waals surface area contributed by atoms with Gasteiger partial charge in [0, 0.05) is 38.9 Å². The molecule has 23 heavy (non-hydrogen) atoms. The Morgan fingerprint density at radius 3 is 2.57 bits per heavy atom. The van der Waals surface area contributed by atoms with Crippen LogP contribution in [-0.2, 0) is 16.0 Å². The molecule has 0 spiro atoms. The van der Waals surface area contributed by atoms with Crippen LogP contribution in [0.4, 0.5) is 4.39 Å². The number of hydrogen-bond donors (Lipinski definition) is 1. The maximum atomic E-state index is 13.8. The smallest absolute Gasteiger partial charge is 0.127 e. The van der Waals surface area contributed by atoms with Gasteiger partial charge in [0.2, 0.25) is 0 Å². The van der Waals surface area contributed by atoms with Gasteiger partial charge in [0.05, 0.1) is 18.3 Å². The van der Waals surface area contributed by atoms with E-state index in [0.29, 0.717) is 25.3 Å². The van der Waals surface area contributed by atoms with Crippen molar-refractivity contribution in [3.05, 3.63) is 35.6 Å². The Labute approximate surface area is 139 Å². The monoisotopic (exact) mass is 327 g/mol. The van der Waals surface area contributed by atoms with Gasteiger partial charge in [-0.25, -0.2) is 4.39 Å². The van der Waals surface area contributed by atoms with Crippen molar-refractivity contribution in [3.63, 3.8) is 0 Å². The van der Waals surface area contributed by atoms with E-state index in [-0.39, 0.29) is 18.0 Å². The van der Waals surface area contributed by atoms with Crippen molar-refractivity contribution in [2.24, 2.45) is 0 Å². The van der Waals surface area contributed by atoms with E-state index < -0.39 is 6.10 Å². The summed E-state index contributed by atoms with van der Waals surface area (Å²) in [6.45, 7) is 8.40. The van der Waals surface area contributed by atoms with Crippen molar-refractivity contribution in [2.45, 2.75) is 45.4 Å². The molecule has 0 aliphatic carbocycles. The van der Waals surface area contributed by atoms with Gasteiger partial charge < -0.3 is 14.6 Å². The second-order valence-corrected chi connectivity index (χ2v) is 6.75. The fraction of sp³-hybridized carbons (Fsp3) is 0.667. The molecule has 4 nitrogen and oxygen atoms in total. The van der Waals surface area contributed by atoms with Crippen LogP contribution >= 0.6 is 0 Å². The maximum Gasteiger partial charge on any atom is 0.127 e. The molecular formula is C18H30FNO3. The Bertz CT molecular complexity index is 448. The highest BCUT2D eigenvalue weighted by Gasteiger charge is 2.17. The van der Waals surface area contributed by atoms with Crippen molar-refractivity contribution < 1.29 is 19.0 Å². The summed E-state index contributed by atoms with van der Waals surface area (Å²) in [5.74, 6) is -0.218. The summed E-state index contributed by atoms with van der Waals surface area (Å²) in [4.78, 5) is 2.04. The van der Waals surface area contributed by atoms with E-state index in [9.17, 15) is 9.50 Å². The number of hydrogen-bond acceptors (Lipinski definition) is 4. The molecule has 0 heterocycles. The highest BCUT2D eigenvalue weighted by atomic mass is 19.1. The second-order valence-electron chi connectivity index (χ2n) is 6.75. The summed E-state index contributed by atoms with van der Waals surface area (Å²) in [5.41, 5.74) is 0.349. The molecule has 5 heteroatoms. The first-order valence-electron chi connectivity index (χ1n) is 8.08. The number of nitrogens with zero attached hydrogens (tertiary/aromatic N) is 1. The van der Waals surface area contributed by atoms with Crippen molar-refractivity contribution in [3.8, 4) is 0 Å². The number of aliphatic hydroxyl groups excluding tert-OH is 1.